The van der Waals surface area contributed by atoms with Gasteiger partial charge in [-0.3, -0.25) is 4.84 Å². The topological polar surface area (TPSA) is 21.7 Å². The maximum absolute atomic E-state index is 5.82. The Balaban J connectivity index is 1.68. The van der Waals surface area contributed by atoms with Crippen LogP contribution in [0.5, 0.6) is 0 Å². The zero-order valence-corrected chi connectivity index (χ0v) is 12.6. The molecule has 0 saturated carbocycles. The number of piperidine rings is 1. The molecule has 0 amide bonds. The van der Waals surface area contributed by atoms with Crippen molar-refractivity contribution in [3.63, 3.8) is 0 Å². The normalized spacial score (nSPS) is 16.4. The first-order chi connectivity index (χ1) is 9.88. The number of hydrogen-bond donors (Lipinski definition) is 0. The summed E-state index contributed by atoms with van der Waals surface area (Å²) < 4.78 is 5.62. The third-order valence-electron chi connectivity index (χ3n) is 3.66. The summed E-state index contributed by atoms with van der Waals surface area (Å²) in [6.45, 7) is 6.58. The number of rotatable bonds is 8. The van der Waals surface area contributed by atoms with Crippen molar-refractivity contribution in [3.8, 4) is 0 Å². The second kappa shape index (κ2) is 9.11. The van der Waals surface area contributed by atoms with E-state index in [2.05, 4.69) is 36.3 Å². The molecular weight excluding hydrogens is 250 g/mol. The first kappa shape index (κ1) is 15.5. The molecule has 0 radical (unpaired) electrons. The number of hydrogen-bond acceptors (Lipinski definition) is 3. The van der Waals surface area contributed by atoms with Crippen LogP contribution in [0.15, 0.2) is 24.3 Å². The lowest BCUT2D eigenvalue weighted by Gasteiger charge is -2.25. The molecule has 1 fully saturated rings. The maximum Gasteiger partial charge on any atom is 0.0935 e. The number of ether oxygens (including phenoxy) is 1. The molecule has 0 bridgehead atoms. The van der Waals surface area contributed by atoms with Crippen LogP contribution in [0.3, 0.4) is 0 Å². The highest BCUT2D eigenvalue weighted by atomic mass is 16.7. The molecule has 1 saturated heterocycles. The highest BCUT2D eigenvalue weighted by Crippen LogP contribution is 2.12. The van der Waals surface area contributed by atoms with Gasteiger partial charge in [0.15, 0.2) is 0 Å². The zero-order valence-electron chi connectivity index (χ0n) is 12.6. The van der Waals surface area contributed by atoms with Crippen LogP contribution >= 0.6 is 0 Å². The maximum atomic E-state index is 5.82. The van der Waals surface area contributed by atoms with Crippen molar-refractivity contribution in [2.45, 2.75) is 52.2 Å². The fourth-order valence-corrected chi connectivity index (χ4v) is 2.33. The lowest BCUT2D eigenvalue weighted by Crippen LogP contribution is -2.29. The Morgan fingerprint density at radius 2 is 1.60 bits per heavy atom. The van der Waals surface area contributed by atoms with Gasteiger partial charge in [-0.1, -0.05) is 44.0 Å². The van der Waals surface area contributed by atoms with Crippen LogP contribution in [0.4, 0.5) is 0 Å². The van der Waals surface area contributed by atoms with Crippen molar-refractivity contribution in [2.24, 2.45) is 0 Å². The average molecular weight is 277 g/mol. The number of nitrogens with zero attached hydrogens (tertiary/aromatic N) is 1. The molecule has 0 spiro atoms. The summed E-state index contributed by atoms with van der Waals surface area (Å²) in [5.41, 5.74) is 2.47. The van der Waals surface area contributed by atoms with E-state index < -0.39 is 0 Å². The molecule has 1 aromatic carbocycles. The van der Waals surface area contributed by atoms with Crippen molar-refractivity contribution < 1.29 is 9.57 Å². The highest BCUT2D eigenvalue weighted by molar-refractivity contribution is 5.21. The Kier molecular flexibility index (Phi) is 7.06. The van der Waals surface area contributed by atoms with Crippen molar-refractivity contribution in [3.05, 3.63) is 35.4 Å². The van der Waals surface area contributed by atoms with E-state index in [1.165, 1.54) is 36.8 Å². The summed E-state index contributed by atoms with van der Waals surface area (Å²) in [6, 6.07) is 8.56. The summed E-state index contributed by atoms with van der Waals surface area (Å²) >= 11 is 0. The molecule has 0 atom stereocenters. The van der Waals surface area contributed by atoms with Gasteiger partial charge in [-0.2, -0.15) is 5.06 Å². The summed E-state index contributed by atoms with van der Waals surface area (Å²) in [5, 5.41) is 2.10. The fraction of sp³-hybridized carbons (Fsp3) is 0.647. The van der Waals surface area contributed by atoms with Gasteiger partial charge in [0.2, 0.25) is 0 Å². The Labute approximate surface area is 122 Å². The van der Waals surface area contributed by atoms with Gasteiger partial charge in [-0.05, 0) is 30.4 Å². The Morgan fingerprint density at radius 3 is 2.25 bits per heavy atom. The van der Waals surface area contributed by atoms with Crippen molar-refractivity contribution in [1.29, 1.82) is 0 Å². The van der Waals surface area contributed by atoms with Crippen LogP contribution in [0, 0.1) is 0 Å². The summed E-state index contributed by atoms with van der Waals surface area (Å²) in [4.78, 5) is 5.82. The van der Waals surface area contributed by atoms with Crippen molar-refractivity contribution in [2.75, 3.05) is 19.7 Å². The predicted molar refractivity (Wildman–Crippen MR) is 81.2 cm³/mol. The highest BCUT2D eigenvalue weighted by Gasteiger charge is 2.10. The lowest BCUT2D eigenvalue weighted by molar-refractivity contribution is -0.178. The third kappa shape index (κ3) is 5.61. The third-order valence-corrected chi connectivity index (χ3v) is 3.66. The lowest BCUT2D eigenvalue weighted by atomic mass is 10.1. The van der Waals surface area contributed by atoms with Crippen LogP contribution in [0.2, 0.25) is 0 Å². The van der Waals surface area contributed by atoms with E-state index in [1.54, 1.807) is 0 Å². The number of unbranched alkanes of at least 4 members (excludes halogenated alkanes) is 1. The monoisotopic (exact) mass is 277 g/mol. The van der Waals surface area contributed by atoms with E-state index in [1.807, 2.05) is 0 Å². The molecule has 0 aromatic heterocycles. The average Bonchev–Trinajstić information content (AvgIpc) is 2.52. The van der Waals surface area contributed by atoms with E-state index in [0.717, 1.165) is 26.1 Å². The molecule has 3 heteroatoms. The molecule has 112 valence electrons. The SMILES string of the molecule is CCCCOCc1ccc(CON2CCCCC2)cc1. The van der Waals surface area contributed by atoms with Gasteiger partial charge in [-0.25, -0.2) is 0 Å². The smallest absolute Gasteiger partial charge is 0.0935 e. The van der Waals surface area contributed by atoms with Gasteiger partial charge in [0.05, 0.1) is 13.2 Å². The first-order valence-corrected chi connectivity index (χ1v) is 7.92. The second-order valence-corrected chi connectivity index (χ2v) is 5.49. The van der Waals surface area contributed by atoms with E-state index in [0.29, 0.717) is 13.2 Å². The molecule has 1 aliphatic rings. The zero-order chi connectivity index (χ0) is 14.0. The van der Waals surface area contributed by atoms with Crippen molar-refractivity contribution >= 4 is 0 Å². The Morgan fingerprint density at radius 1 is 0.950 bits per heavy atom. The molecule has 2 rings (SSSR count). The largest absolute Gasteiger partial charge is 0.377 e. The van der Waals surface area contributed by atoms with Crippen LogP contribution in [0.25, 0.3) is 0 Å². The Bertz CT molecular complexity index is 358. The molecule has 1 aliphatic heterocycles. The van der Waals surface area contributed by atoms with E-state index in [-0.39, 0.29) is 0 Å². The molecular formula is C17H27NO2. The van der Waals surface area contributed by atoms with Gasteiger partial charge >= 0.3 is 0 Å². The van der Waals surface area contributed by atoms with Crippen LogP contribution < -0.4 is 0 Å². The Hall–Kier alpha value is -0.900. The minimum atomic E-state index is 0.678. The minimum absolute atomic E-state index is 0.678. The first-order valence-electron chi connectivity index (χ1n) is 7.92. The predicted octanol–water partition coefficient (Wildman–Crippen LogP) is 3.92. The standard InChI is InChI=1S/C17H27NO2/c1-2-3-13-19-14-16-7-9-17(10-8-16)15-20-18-11-5-4-6-12-18/h7-10H,2-6,11-15H2,1H3. The van der Waals surface area contributed by atoms with Gasteiger partial charge < -0.3 is 4.74 Å². The number of hydroxylamine groups is 2. The van der Waals surface area contributed by atoms with Gasteiger partial charge in [0, 0.05) is 19.7 Å². The van der Waals surface area contributed by atoms with Crippen molar-refractivity contribution in [1.82, 2.24) is 5.06 Å². The van der Waals surface area contributed by atoms with Gasteiger partial charge in [0.25, 0.3) is 0 Å². The fourth-order valence-electron chi connectivity index (χ4n) is 2.33. The minimum Gasteiger partial charge on any atom is -0.377 e. The van der Waals surface area contributed by atoms with Gasteiger partial charge in [-0.15, -0.1) is 0 Å². The number of benzene rings is 1. The van der Waals surface area contributed by atoms with E-state index in [4.69, 9.17) is 9.57 Å². The summed E-state index contributed by atoms with van der Waals surface area (Å²) in [6.07, 6.45) is 6.18. The quantitative estimate of drug-likeness (QED) is 0.672. The molecule has 0 aliphatic carbocycles. The summed E-state index contributed by atoms with van der Waals surface area (Å²) in [7, 11) is 0. The van der Waals surface area contributed by atoms with E-state index >= 15 is 0 Å². The molecule has 3 nitrogen and oxygen atoms in total. The van der Waals surface area contributed by atoms with E-state index in [9.17, 15) is 0 Å². The molecule has 20 heavy (non-hydrogen) atoms. The second-order valence-electron chi connectivity index (χ2n) is 5.49. The molecule has 0 N–H and O–H groups in total. The van der Waals surface area contributed by atoms with Gasteiger partial charge in [0.1, 0.15) is 0 Å². The van der Waals surface area contributed by atoms with Crippen LogP contribution in [-0.4, -0.2) is 24.8 Å². The molecule has 1 aromatic rings. The molecule has 0 unspecified atom stereocenters. The van der Waals surface area contributed by atoms with Crippen LogP contribution in [0.1, 0.15) is 50.2 Å². The van der Waals surface area contributed by atoms with Crippen LogP contribution in [-0.2, 0) is 22.8 Å². The summed E-state index contributed by atoms with van der Waals surface area (Å²) in [5.74, 6) is 0. The molecule has 1 heterocycles.